The lowest BCUT2D eigenvalue weighted by Crippen LogP contribution is -2.19. The van der Waals surface area contributed by atoms with Gasteiger partial charge in [0.15, 0.2) is 0 Å². The smallest absolute Gasteiger partial charge is 0.119 e. The van der Waals surface area contributed by atoms with E-state index in [4.69, 9.17) is 10.5 Å². The Kier molecular flexibility index (Phi) is 3.81. The molecule has 2 atom stereocenters. The molecule has 0 aromatic heterocycles. The first-order valence-electron chi connectivity index (χ1n) is 6.85. The van der Waals surface area contributed by atoms with Gasteiger partial charge in [-0.15, -0.1) is 0 Å². The third-order valence-electron chi connectivity index (χ3n) is 4.14. The van der Waals surface area contributed by atoms with Crippen molar-refractivity contribution < 1.29 is 4.74 Å². The minimum absolute atomic E-state index is 0.129. The van der Waals surface area contributed by atoms with Crippen LogP contribution in [0.3, 0.4) is 0 Å². The number of hydrogen-bond acceptors (Lipinski definition) is 2. The highest BCUT2D eigenvalue weighted by Crippen LogP contribution is 2.37. The van der Waals surface area contributed by atoms with E-state index in [1.165, 1.54) is 16.7 Å². The Morgan fingerprint density at radius 1 is 1.25 bits per heavy atom. The van der Waals surface area contributed by atoms with Crippen LogP contribution in [0.5, 0.6) is 5.75 Å². The van der Waals surface area contributed by atoms with Gasteiger partial charge < -0.3 is 10.5 Å². The molecule has 1 aliphatic rings. The van der Waals surface area contributed by atoms with Crippen LogP contribution in [0.2, 0.25) is 0 Å². The summed E-state index contributed by atoms with van der Waals surface area (Å²) in [6.45, 7) is 0. The zero-order valence-electron chi connectivity index (χ0n) is 11.5. The van der Waals surface area contributed by atoms with Crippen molar-refractivity contribution in [2.45, 2.75) is 18.9 Å². The van der Waals surface area contributed by atoms with Gasteiger partial charge >= 0.3 is 0 Å². The van der Waals surface area contributed by atoms with E-state index in [0.717, 1.165) is 23.1 Å². The zero-order valence-corrected chi connectivity index (χ0v) is 13.1. The summed E-state index contributed by atoms with van der Waals surface area (Å²) in [5.41, 5.74) is 10.4. The molecule has 2 aromatic rings. The van der Waals surface area contributed by atoms with Crippen molar-refractivity contribution >= 4 is 15.9 Å². The van der Waals surface area contributed by atoms with E-state index in [1.54, 1.807) is 7.11 Å². The Bertz CT molecular complexity index is 626. The molecule has 0 heterocycles. The first kappa shape index (κ1) is 13.7. The summed E-state index contributed by atoms with van der Waals surface area (Å²) in [6.07, 6.45) is 2.02. The number of nitrogens with two attached hydrogens (primary N) is 1. The van der Waals surface area contributed by atoms with Gasteiger partial charge in [-0.1, -0.05) is 40.2 Å². The number of ether oxygens (including phenoxy) is 1. The summed E-state index contributed by atoms with van der Waals surface area (Å²) in [5.74, 6) is 1.35. The fourth-order valence-corrected chi connectivity index (χ4v) is 3.43. The van der Waals surface area contributed by atoms with Crippen molar-refractivity contribution in [1.29, 1.82) is 0 Å². The van der Waals surface area contributed by atoms with Crippen molar-refractivity contribution in [1.82, 2.24) is 0 Å². The lowest BCUT2D eigenvalue weighted by molar-refractivity contribution is 0.412. The zero-order chi connectivity index (χ0) is 14.1. The molecule has 0 radical (unpaired) electrons. The number of hydrogen-bond donors (Lipinski definition) is 1. The monoisotopic (exact) mass is 331 g/mol. The summed E-state index contributed by atoms with van der Waals surface area (Å²) in [4.78, 5) is 0. The van der Waals surface area contributed by atoms with Crippen molar-refractivity contribution in [3.63, 3.8) is 0 Å². The van der Waals surface area contributed by atoms with Gasteiger partial charge in [-0.25, -0.2) is 0 Å². The number of methoxy groups -OCH3 is 1. The van der Waals surface area contributed by atoms with Gasteiger partial charge in [0.05, 0.1) is 7.11 Å². The molecule has 0 fully saturated rings. The van der Waals surface area contributed by atoms with Gasteiger partial charge in [0.25, 0.3) is 0 Å². The standard InChI is InChI=1S/C17H18BrNO/c1-20-14-6-7-16(18)12(10-14)9-13-8-11-4-2-3-5-15(11)17(13)19/h2-7,10,13,17H,8-9,19H2,1H3. The highest BCUT2D eigenvalue weighted by atomic mass is 79.9. The maximum atomic E-state index is 6.41. The van der Waals surface area contributed by atoms with Gasteiger partial charge in [-0.3, -0.25) is 0 Å². The molecule has 2 unspecified atom stereocenters. The van der Waals surface area contributed by atoms with Crippen LogP contribution in [0, 0.1) is 5.92 Å². The van der Waals surface area contributed by atoms with Crippen LogP contribution in [0.15, 0.2) is 46.9 Å². The molecule has 0 saturated heterocycles. The summed E-state index contributed by atoms with van der Waals surface area (Å²) in [5, 5.41) is 0. The van der Waals surface area contributed by atoms with Crippen molar-refractivity contribution in [2.24, 2.45) is 11.7 Å². The summed E-state index contributed by atoms with van der Waals surface area (Å²) >= 11 is 3.63. The van der Waals surface area contributed by atoms with Gasteiger partial charge in [0, 0.05) is 10.5 Å². The summed E-state index contributed by atoms with van der Waals surface area (Å²) in [7, 11) is 1.70. The summed E-state index contributed by atoms with van der Waals surface area (Å²) in [6, 6.07) is 14.7. The van der Waals surface area contributed by atoms with E-state index >= 15 is 0 Å². The second-order valence-corrected chi connectivity index (χ2v) is 6.20. The number of rotatable bonds is 3. The largest absolute Gasteiger partial charge is 0.497 e. The van der Waals surface area contributed by atoms with E-state index in [9.17, 15) is 0 Å². The van der Waals surface area contributed by atoms with Gasteiger partial charge in [0.2, 0.25) is 0 Å². The molecule has 20 heavy (non-hydrogen) atoms. The molecule has 0 saturated carbocycles. The van der Waals surface area contributed by atoms with Crippen LogP contribution in [0.4, 0.5) is 0 Å². The summed E-state index contributed by atoms with van der Waals surface area (Å²) < 4.78 is 6.44. The van der Waals surface area contributed by atoms with Crippen LogP contribution >= 0.6 is 15.9 Å². The van der Waals surface area contributed by atoms with E-state index in [0.29, 0.717) is 5.92 Å². The quantitative estimate of drug-likeness (QED) is 0.926. The lowest BCUT2D eigenvalue weighted by Gasteiger charge is -2.17. The molecule has 2 N–H and O–H groups in total. The highest BCUT2D eigenvalue weighted by molar-refractivity contribution is 9.10. The molecule has 1 aliphatic carbocycles. The van der Waals surface area contributed by atoms with E-state index < -0.39 is 0 Å². The number of benzene rings is 2. The predicted molar refractivity (Wildman–Crippen MR) is 85.0 cm³/mol. The van der Waals surface area contributed by atoms with Crippen molar-refractivity contribution in [2.75, 3.05) is 7.11 Å². The molecule has 3 heteroatoms. The van der Waals surface area contributed by atoms with Crippen molar-refractivity contribution in [3.8, 4) is 5.75 Å². The molecular formula is C17H18BrNO. The van der Waals surface area contributed by atoms with Crippen molar-refractivity contribution in [3.05, 3.63) is 63.6 Å². The Balaban J connectivity index is 1.83. The highest BCUT2D eigenvalue weighted by Gasteiger charge is 2.29. The molecule has 2 nitrogen and oxygen atoms in total. The minimum atomic E-state index is 0.129. The van der Waals surface area contributed by atoms with Gasteiger partial charge in [0.1, 0.15) is 5.75 Å². The fraction of sp³-hybridized carbons (Fsp3) is 0.294. The van der Waals surface area contributed by atoms with E-state index in [-0.39, 0.29) is 6.04 Å². The number of halogens is 1. The average Bonchev–Trinajstić information content (AvgIpc) is 2.78. The molecular weight excluding hydrogens is 314 g/mol. The third kappa shape index (κ3) is 2.48. The second-order valence-electron chi connectivity index (χ2n) is 5.35. The maximum Gasteiger partial charge on any atom is 0.119 e. The normalized spacial score (nSPS) is 20.8. The molecule has 0 amide bonds. The van der Waals surface area contributed by atoms with E-state index in [2.05, 4.69) is 46.3 Å². The third-order valence-corrected chi connectivity index (χ3v) is 4.91. The minimum Gasteiger partial charge on any atom is -0.497 e. The SMILES string of the molecule is COc1ccc(Br)c(CC2Cc3ccccc3C2N)c1. The van der Waals surface area contributed by atoms with Crippen LogP contribution < -0.4 is 10.5 Å². The Labute approximate surface area is 128 Å². The van der Waals surface area contributed by atoms with Crippen LogP contribution in [0.1, 0.15) is 22.7 Å². The number of fused-ring (bicyclic) bond motifs is 1. The first-order valence-corrected chi connectivity index (χ1v) is 7.64. The Morgan fingerprint density at radius 3 is 2.80 bits per heavy atom. The molecule has 0 spiro atoms. The second kappa shape index (κ2) is 5.58. The molecule has 3 rings (SSSR count). The molecule has 0 bridgehead atoms. The van der Waals surface area contributed by atoms with Crippen LogP contribution in [-0.2, 0) is 12.8 Å². The van der Waals surface area contributed by atoms with Gasteiger partial charge in [-0.05, 0) is 53.6 Å². The molecule has 0 aliphatic heterocycles. The van der Waals surface area contributed by atoms with Gasteiger partial charge in [-0.2, -0.15) is 0 Å². The molecule has 104 valence electrons. The maximum absolute atomic E-state index is 6.41. The lowest BCUT2D eigenvalue weighted by atomic mass is 9.93. The van der Waals surface area contributed by atoms with Crippen LogP contribution in [0.25, 0.3) is 0 Å². The Morgan fingerprint density at radius 2 is 2.05 bits per heavy atom. The Hall–Kier alpha value is -1.32. The fourth-order valence-electron chi connectivity index (χ4n) is 3.02. The molecule has 2 aromatic carbocycles. The van der Waals surface area contributed by atoms with Crippen LogP contribution in [-0.4, -0.2) is 7.11 Å². The average molecular weight is 332 g/mol. The first-order chi connectivity index (χ1) is 9.69. The van der Waals surface area contributed by atoms with E-state index in [1.807, 2.05) is 12.1 Å². The topological polar surface area (TPSA) is 35.2 Å². The predicted octanol–water partition coefficient (Wildman–Crippen LogP) is 3.87.